The molecular formula is C15H24N2O2. The van der Waals surface area contributed by atoms with Crippen molar-refractivity contribution >= 4 is 0 Å². The van der Waals surface area contributed by atoms with E-state index in [1.807, 2.05) is 26.0 Å². The molecule has 0 saturated heterocycles. The van der Waals surface area contributed by atoms with E-state index in [1.54, 1.807) is 0 Å². The molecule has 1 aliphatic carbocycles. The van der Waals surface area contributed by atoms with Crippen LogP contribution in [0.2, 0.25) is 0 Å². The van der Waals surface area contributed by atoms with Crippen molar-refractivity contribution in [2.45, 2.75) is 39.2 Å². The Hall–Kier alpha value is -1.26. The molecule has 1 atom stereocenters. The number of benzene rings is 1. The van der Waals surface area contributed by atoms with Gasteiger partial charge in [-0.25, -0.2) is 0 Å². The molecule has 4 heteroatoms. The minimum Gasteiger partial charge on any atom is -0.490 e. The van der Waals surface area contributed by atoms with Crippen LogP contribution in [0.1, 0.15) is 44.7 Å². The quantitative estimate of drug-likeness (QED) is 0.560. The summed E-state index contributed by atoms with van der Waals surface area (Å²) in [5, 5.41) is 0. The van der Waals surface area contributed by atoms with Crippen molar-refractivity contribution in [3.8, 4) is 11.5 Å². The highest BCUT2D eigenvalue weighted by molar-refractivity contribution is 5.44. The molecule has 1 aromatic rings. The van der Waals surface area contributed by atoms with Crippen LogP contribution in [0.3, 0.4) is 0 Å². The van der Waals surface area contributed by atoms with E-state index < -0.39 is 0 Å². The molecule has 0 radical (unpaired) electrons. The zero-order valence-corrected chi connectivity index (χ0v) is 11.8. The molecule has 0 spiro atoms. The van der Waals surface area contributed by atoms with Gasteiger partial charge in [0.1, 0.15) is 0 Å². The maximum Gasteiger partial charge on any atom is 0.161 e. The number of nitrogens with two attached hydrogens (primary N) is 1. The molecule has 0 aromatic heterocycles. The zero-order valence-electron chi connectivity index (χ0n) is 11.8. The van der Waals surface area contributed by atoms with E-state index in [4.69, 9.17) is 15.3 Å². The lowest BCUT2D eigenvalue weighted by molar-refractivity contribution is 0.287. The molecule has 1 fully saturated rings. The van der Waals surface area contributed by atoms with Crippen LogP contribution in [0, 0.1) is 5.92 Å². The van der Waals surface area contributed by atoms with Gasteiger partial charge in [0.15, 0.2) is 11.5 Å². The normalized spacial score (nSPS) is 16.2. The fraction of sp³-hybridized carbons (Fsp3) is 0.600. The lowest BCUT2D eigenvalue weighted by Gasteiger charge is -2.18. The van der Waals surface area contributed by atoms with E-state index in [2.05, 4.69) is 11.5 Å². The Morgan fingerprint density at radius 1 is 1.21 bits per heavy atom. The van der Waals surface area contributed by atoms with Crippen LogP contribution in [-0.4, -0.2) is 13.2 Å². The first kappa shape index (κ1) is 14.2. The van der Waals surface area contributed by atoms with Crippen LogP contribution in [-0.2, 0) is 0 Å². The van der Waals surface area contributed by atoms with Gasteiger partial charge in [0.05, 0.1) is 13.2 Å². The Morgan fingerprint density at radius 2 is 1.89 bits per heavy atom. The summed E-state index contributed by atoms with van der Waals surface area (Å²) < 4.78 is 11.2. The van der Waals surface area contributed by atoms with Crippen LogP contribution in [0.5, 0.6) is 11.5 Å². The highest BCUT2D eigenvalue weighted by Crippen LogP contribution is 2.39. The second kappa shape index (κ2) is 6.78. The van der Waals surface area contributed by atoms with Gasteiger partial charge in [-0.15, -0.1) is 0 Å². The number of hydrazine groups is 1. The molecular weight excluding hydrogens is 240 g/mol. The monoisotopic (exact) mass is 264 g/mol. The van der Waals surface area contributed by atoms with Gasteiger partial charge < -0.3 is 9.47 Å². The molecule has 19 heavy (non-hydrogen) atoms. The first-order valence-electron chi connectivity index (χ1n) is 7.14. The van der Waals surface area contributed by atoms with Gasteiger partial charge in [-0.1, -0.05) is 18.9 Å². The predicted molar refractivity (Wildman–Crippen MR) is 76.2 cm³/mol. The number of rotatable bonds is 8. The molecule has 1 aliphatic rings. The van der Waals surface area contributed by atoms with Crippen molar-refractivity contribution in [3.05, 3.63) is 23.8 Å². The van der Waals surface area contributed by atoms with E-state index in [1.165, 1.54) is 18.4 Å². The van der Waals surface area contributed by atoms with Gasteiger partial charge in [-0.05, 0) is 43.9 Å². The van der Waals surface area contributed by atoms with Crippen LogP contribution >= 0.6 is 0 Å². The first-order chi connectivity index (χ1) is 9.28. The summed E-state index contributed by atoms with van der Waals surface area (Å²) in [6.07, 6.45) is 3.75. The summed E-state index contributed by atoms with van der Waals surface area (Å²) in [4.78, 5) is 0. The summed E-state index contributed by atoms with van der Waals surface area (Å²) in [5.41, 5.74) is 4.08. The third-order valence-corrected chi connectivity index (χ3v) is 3.44. The Labute approximate surface area is 115 Å². The molecule has 0 heterocycles. The molecule has 1 aromatic carbocycles. The Bertz CT molecular complexity index is 405. The fourth-order valence-electron chi connectivity index (χ4n) is 2.27. The van der Waals surface area contributed by atoms with Gasteiger partial charge in [0.25, 0.3) is 0 Å². The third kappa shape index (κ3) is 3.85. The highest BCUT2D eigenvalue weighted by Gasteiger charge is 2.26. The molecule has 2 rings (SSSR count). The van der Waals surface area contributed by atoms with Gasteiger partial charge in [0, 0.05) is 6.04 Å². The van der Waals surface area contributed by atoms with E-state index in [0.717, 1.165) is 23.8 Å². The van der Waals surface area contributed by atoms with Crippen LogP contribution in [0.4, 0.5) is 0 Å². The minimum absolute atomic E-state index is 0.197. The number of ether oxygens (including phenoxy) is 2. The molecule has 0 amide bonds. The second-order valence-electron chi connectivity index (χ2n) is 4.97. The van der Waals surface area contributed by atoms with Gasteiger partial charge in [-0.3, -0.25) is 11.3 Å². The molecule has 4 nitrogen and oxygen atoms in total. The summed E-state index contributed by atoms with van der Waals surface area (Å²) in [7, 11) is 0. The number of hydrogen-bond acceptors (Lipinski definition) is 4. The number of nitrogens with one attached hydrogen (secondary N) is 1. The summed E-state index contributed by atoms with van der Waals surface area (Å²) in [5.74, 6) is 8.11. The van der Waals surface area contributed by atoms with E-state index in [0.29, 0.717) is 13.2 Å². The van der Waals surface area contributed by atoms with Crippen LogP contribution < -0.4 is 20.7 Å². The maximum atomic E-state index is 5.68. The van der Waals surface area contributed by atoms with E-state index in [-0.39, 0.29) is 6.04 Å². The smallest absolute Gasteiger partial charge is 0.161 e. The van der Waals surface area contributed by atoms with Crippen molar-refractivity contribution in [2.75, 3.05) is 13.2 Å². The summed E-state index contributed by atoms with van der Waals surface area (Å²) in [6, 6.07) is 6.28. The lowest BCUT2D eigenvalue weighted by Crippen LogP contribution is -2.28. The largest absolute Gasteiger partial charge is 0.490 e. The minimum atomic E-state index is 0.197. The van der Waals surface area contributed by atoms with Crippen molar-refractivity contribution in [1.29, 1.82) is 0 Å². The van der Waals surface area contributed by atoms with Gasteiger partial charge >= 0.3 is 0 Å². The Kier molecular flexibility index (Phi) is 5.05. The SMILES string of the molecule is CCOc1ccc(C(CC2CC2)NN)cc1OCC. The van der Waals surface area contributed by atoms with Gasteiger partial charge in [0.2, 0.25) is 0 Å². The molecule has 0 aliphatic heterocycles. The highest BCUT2D eigenvalue weighted by atomic mass is 16.5. The second-order valence-corrected chi connectivity index (χ2v) is 4.97. The van der Waals surface area contributed by atoms with Crippen molar-refractivity contribution < 1.29 is 9.47 Å². The van der Waals surface area contributed by atoms with Crippen LogP contribution in [0.15, 0.2) is 18.2 Å². The predicted octanol–water partition coefficient (Wildman–Crippen LogP) is 2.79. The van der Waals surface area contributed by atoms with Crippen LogP contribution in [0.25, 0.3) is 0 Å². The topological polar surface area (TPSA) is 56.5 Å². The van der Waals surface area contributed by atoms with Crippen molar-refractivity contribution in [3.63, 3.8) is 0 Å². The fourth-order valence-corrected chi connectivity index (χ4v) is 2.27. The van der Waals surface area contributed by atoms with Gasteiger partial charge in [-0.2, -0.15) is 0 Å². The third-order valence-electron chi connectivity index (χ3n) is 3.44. The van der Waals surface area contributed by atoms with Crippen molar-refractivity contribution in [1.82, 2.24) is 5.43 Å². The molecule has 106 valence electrons. The summed E-state index contributed by atoms with van der Waals surface area (Å²) >= 11 is 0. The first-order valence-corrected chi connectivity index (χ1v) is 7.14. The molecule has 1 unspecified atom stereocenters. The molecule has 3 N–H and O–H groups in total. The standard InChI is InChI=1S/C15H24N2O2/c1-3-18-14-8-7-12(10-15(14)19-4-2)13(17-16)9-11-5-6-11/h7-8,10-11,13,17H,3-6,9,16H2,1-2H3. The average Bonchev–Trinajstić information content (AvgIpc) is 3.23. The summed E-state index contributed by atoms with van der Waals surface area (Å²) in [6.45, 7) is 5.22. The van der Waals surface area contributed by atoms with E-state index in [9.17, 15) is 0 Å². The molecule has 1 saturated carbocycles. The zero-order chi connectivity index (χ0) is 13.7. The Morgan fingerprint density at radius 3 is 2.47 bits per heavy atom. The average molecular weight is 264 g/mol. The maximum absolute atomic E-state index is 5.68. The van der Waals surface area contributed by atoms with E-state index >= 15 is 0 Å². The lowest BCUT2D eigenvalue weighted by atomic mass is 10.0. The van der Waals surface area contributed by atoms with Crippen molar-refractivity contribution in [2.24, 2.45) is 11.8 Å². The molecule has 0 bridgehead atoms. The Balaban J connectivity index is 2.16. The number of hydrogen-bond donors (Lipinski definition) is 2.